The second-order valence-electron chi connectivity index (χ2n) is 5.92. The first-order valence-corrected chi connectivity index (χ1v) is 7.70. The average Bonchev–Trinajstić information content (AvgIpc) is 2.99. The molecule has 1 aromatic heterocycles. The number of hydrogen-bond acceptors (Lipinski definition) is 2. The van der Waals surface area contributed by atoms with Crippen molar-refractivity contribution in [2.24, 2.45) is 5.92 Å². The van der Waals surface area contributed by atoms with E-state index in [1.54, 1.807) is 0 Å². The fourth-order valence-corrected chi connectivity index (χ4v) is 3.67. The van der Waals surface area contributed by atoms with E-state index in [9.17, 15) is 0 Å². The Balaban J connectivity index is 1.60. The molecule has 20 heavy (non-hydrogen) atoms. The van der Waals surface area contributed by atoms with E-state index in [2.05, 4.69) is 33.0 Å². The quantitative estimate of drug-likeness (QED) is 0.843. The molecule has 1 aromatic carbocycles. The highest BCUT2D eigenvalue weighted by Crippen LogP contribution is 2.35. The van der Waals surface area contributed by atoms with Crippen LogP contribution in [-0.4, -0.2) is 34.3 Å². The first kappa shape index (κ1) is 12.4. The largest absolute Gasteiger partial charge is 0.301 e. The molecule has 3 saturated heterocycles. The van der Waals surface area contributed by atoms with Crippen LogP contribution in [0.2, 0.25) is 5.02 Å². The predicted octanol–water partition coefficient (Wildman–Crippen LogP) is 3.47. The summed E-state index contributed by atoms with van der Waals surface area (Å²) in [4.78, 5) is 2.56. The van der Waals surface area contributed by atoms with Crippen molar-refractivity contribution in [2.45, 2.75) is 18.9 Å². The second-order valence-corrected chi connectivity index (χ2v) is 6.36. The van der Waals surface area contributed by atoms with Gasteiger partial charge in [0, 0.05) is 23.3 Å². The van der Waals surface area contributed by atoms with Crippen LogP contribution in [0, 0.1) is 5.92 Å². The molecule has 0 aliphatic carbocycles. The molecule has 3 fully saturated rings. The molecule has 1 atom stereocenters. The van der Waals surface area contributed by atoms with E-state index in [1.807, 2.05) is 18.3 Å². The number of benzene rings is 1. The summed E-state index contributed by atoms with van der Waals surface area (Å²) in [6.07, 6.45) is 6.80. The predicted molar refractivity (Wildman–Crippen MR) is 80.9 cm³/mol. The lowest BCUT2D eigenvalue weighted by Gasteiger charge is -2.44. The van der Waals surface area contributed by atoms with Crippen molar-refractivity contribution in [1.29, 1.82) is 0 Å². The highest BCUT2D eigenvalue weighted by Gasteiger charge is 2.35. The summed E-state index contributed by atoms with van der Waals surface area (Å²) in [5, 5.41) is 5.39. The van der Waals surface area contributed by atoms with Crippen molar-refractivity contribution in [2.75, 3.05) is 19.6 Å². The molecule has 104 valence electrons. The van der Waals surface area contributed by atoms with E-state index in [1.165, 1.54) is 37.1 Å². The molecule has 5 rings (SSSR count). The standard InChI is InChI=1S/C16H18ClN3/c17-15-3-1-12(2-4-15)14-9-18-20(10-14)16-11-19-7-5-13(16)6-8-19/h1-4,9-10,13,16H,5-8,11H2. The number of fused-ring (bicyclic) bond motifs is 3. The van der Waals surface area contributed by atoms with Gasteiger partial charge >= 0.3 is 0 Å². The summed E-state index contributed by atoms with van der Waals surface area (Å²) in [7, 11) is 0. The zero-order valence-corrected chi connectivity index (χ0v) is 12.1. The lowest BCUT2D eigenvalue weighted by Crippen LogP contribution is -2.48. The minimum absolute atomic E-state index is 0.554. The van der Waals surface area contributed by atoms with Gasteiger partial charge in [-0.2, -0.15) is 5.10 Å². The maximum Gasteiger partial charge on any atom is 0.0675 e. The minimum Gasteiger partial charge on any atom is -0.301 e. The molecule has 1 unspecified atom stereocenters. The third-order valence-corrected chi connectivity index (χ3v) is 4.99. The topological polar surface area (TPSA) is 21.1 Å². The maximum atomic E-state index is 5.94. The Kier molecular flexibility index (Phi) is 3.04. The summed E-state index contributed by atoms with van der Waals surface area (Å²) in [6, 6.07) is 8.53. The van der Waals surface area contributed by atoms with Gasteiger partial charge in [0.05, 0.1) is 12.2 Å². The molecule has 0 saturated carbocycles. The molecule has 0 amide bonds. The van der Waals surface area contributed by atoms with Gasteiger partial charge in [0.15, 0.2) is 0 Å². The molecule has 3 aliphatic heterocycles. The van der Waals surface area contributed by atoms with Gasteiger partial charge < -0.3 is 4.90 Å². The number of aromatic nitrogens is 2. The van der Waals surface area contributed by atoms with E-state index >= 15 is 0 Å². The van der Waals surface area contributed by atoms with Crippen LogP contribution in [0.15, 0.2) is 36.7 Å². The number of piperidine rings is 3. The van der Waals surface area contributed by atoms with Gasteiger partial charge in [0.2, 0.25) is 0 Å². The van der Waals surface area contributed by atoms with E-state index in [-0.39, 0.29) is 0 Å². The Morgan fingerprint density at radius 2 is 1.80 bits per heavy atom. The van der Waals surface area contributed by atoms with Crippen molar-refractivity contribution in [3.8, 4) is 11.1 Å². The van der Waals surface area contributed by atoms with Gasteiger partial charge in [-0.05, 0) is 49.5 Å². The summed E-state index contributed by atoms with van der Waals surface area (Å²) in [6.45, 7) is 3.70. The Labute approximate surface area is 124 Å². The Morgan fingerprint density at radius 1 is 1.05 bits per heavy atom. The molecule has 4 heterocycles. The molecule has 0 spiro atoms. The highest BCUT2D eigenvalue weighted by molar-refractivity contribution is 6.30. The van der Waals surface area contributed by atoms with Crippen LogP contribution in [0.3, 0.4) is 0 Å². The zero-order valence-electron chi connectivity index (χ0n) is 11.4. The third-order valence-electron chi connectivity index (χ3n) is 4.74. The highest BCUT2D eigenvalue weighted by atomic mass is 35.5. The number of nitrogens with zero attached hydrogens (tertiary/aromatic N) is 3. The molecular weight excluding hydrogens is 270 g/mol. The Hall–Kier alpha value is -1.32. The van der Waals surface area contributed by atoms with Crippen molar-refractivity contribution in [3.63, 3.8) is 0 Å². The number of hydrogen-bond donors (Lipinski definition) is 0. The molecular formula is C16H18ClN3. The summed E-state index contributed by atoms with van der Waals surface area (Å²) in [5.74, 6) is 0.804. The second kappa shape index (κ2) is 4.90. The molecule has 3 aliphatic rings. The average molecular weight is 288 g/mol. The fourth-order valence-electron chi connectivity index (χ4n) is 3.54. The van der Waals surface area contributed by atoms with Crippen LogP contribution in [0.4, 0.5) is 0 Å². The molecule has 2 aromatic rings. The van der Waals surface area contributed by atoms with Crippen LogP contribution >= 0.6 is 11.6 Å². The summed E-state index contributed by atoms with van der Waals surface area (Å²) in [5.41, 5.74) is 2.36. The van der Waals surface area contributed by atoms with Gasteiger partial charge in [0.25, 0.3) is 0 Å². The van der Waals surface area contributed by atoms with Crippen molar-refractivity contribution in [3.05, 3.63) is 41.7 Å². The van der Waals surface area contributed by atoms with Crippen LogP contribution in [-0.2, 0) is 0 Å². The lowest BCUT2D eigenvalue weighted by molar-refractivity contribution is 0.0513. The summed E-state index contributed by atoms with van der Waals surface area (Å²) < 4.78 is 2.18. The van der Waals surface area contributed by atoms with E-state index in [0.29, 0.717) is 6.04 Å². The first-order valence-electron chi connectivity index (χ1n) is 7.32. The minimum atomic E-state index is 0.554. The SMILES string of the molecule is Clc1ccc(-c2cnn(C3CN4CCC3CC4)c2)cc1. The Morgan fingerprint density at radius 3 is 2.45 bits per heavy atom. The fraction of sp³-hybridized carbons (Fsp3) is 0.438. The van der Waals surface area contributed by atoms with E-state index < -0.39 is 0 Å². The normalized spacial score (nSPS) is 28.8. The maximum absolute atomic E-state index is 5.94. The lowest BCUT2D eigenvalue weighted by atomic mass is 9.84. The molecule has 3 nitrogen and oxygen atoms in total. The van der Waals surface area contributed by atoms with Crippen molar-refractivity contribution >= 4 is 11.6 Å². The van der Waals surface area contributed by atoms with Gasteiger partial charge in [-0.3, -0.25) is 4.68 Å². The van der Waals surface area contributed by atoms with Gasteiger partial charge in [-0.15, -0.1) is 0 Å². The molecule has 0 radical (unpaired) electrons. The number of halogens is 1. The Bertz CT molecular complexity index is 596. The zero-order chi connectivity index (χ0) is 13.5. The molecule has 4 heteroatoms. The van der Waals surface area contributed by atoms with E-state index in [0.717, 1.165) is 17.5 Å². The van der Waals surface area contributed by atoms with Crippen molar-refractivity contribution in [1.82, 2.24) is 14.7 Å². The van der Waals surface area contributed by atoms with Crippen LogP contribution in [0.1, 0.15) is 18.9 Å². The van der Waals surface area contributed by atoms with Gasteiger partial charge in [0.1, 0.15) is 0 Å². The van der Waals surface area contributed by atoms with Crippen LogP contribution in [0.5, 0.6) is 0 Å². The molecule has 0 N–H and O–H groups in total. The van der Waals surface area contributed by atoms with Gasteiger partial charge in [-0.25, -0.2) is 0 Å². The van der Waals surface area contributed by atoms with E-state index in [4.69, 9.17) is 11.6 Å². The van der Waals surface area contributed by atoms with Crippen LogP contribution in [0.25, 0.3) is 11.1 Å². The monoisotopic (exact) mass is 287 g/mol. The van der Waals surface area contributed by atoms with Crippen molar-refractivity contribution < 1.29 is 0 Å². The third kappa shape index (κ3) is 2.15. The summed E-state index contributed by atoms with van der Waals surface area (Å²) >= 11 is 5.94. The molecule has 2 bridgehead atoms. The number of rotatable bonds is 2. The van der Waals surface area contributed by atoms with Crippen LogP contribution < -0.4 is 0 Å². The smallest absolute Gasteiger partial charge is 0.0675 e. The van der Waals surface area contributed by atoms with Gasteiger partial charge in [-0.1, -0.05) is 23.7 Å². The first-order chi connectivity index (χ1) is 9.79.